The van der Waals surface area contributed by atoms with Gasteiger partial charge in [-0.3, -0.25) is 4.98 Å². The molecule has 1 aromatic rings. The second-order valence-electron chi connectivity index (χ2n) is 5.39. The Kier molecular flexibility index (Phi) is 4.75. The van der Waals surface area contributed by atoms with Gasteiger partial charge in [0.15, 0.2) is 0 Å². The van der Waals surface area contributed by atoms with Gasteiger partial charge in [0.25, 0.3) is 0 Å². The number of hydrogen-bond donors (Lipinski definition) is 1. The van der Waals surface area contributed by atoms with Crippen molar-refractivity contribution in [1.82, 2.24) is 10.3 Å². The normalized spacial score (nSPS) is 22.8. The van der Waals surface area contributed by atoms with Crippen LogP contribution in [-0.4, -0.2) is 24.2 Å². The van der Waals surface area contributed by atoms with E-state index in [0.717, 1.165) is 13.0 Å². The number of nitrogens with zero attached hydrogens (tertiary/aromatic N) is 1. The molecule has 1 N–H and O–H groups in total. The van der Waals surface area contributed by atoms with E-state index in [2.05, 4.69) is 10.3 Å². The molecule has 0 spiro atoms. The van der Waals surface area contributed by atoms with E-state index in [1.165, 1.54) is 12.8 Å². The molecule has 0 saturated carbocycles. The molecule has 0 radical (unpaired) electrons. The van der Waals surface area contributed by atoms with E-state index < -0.39 is 5.67 Å². The van der Waals surface area contributed by atoms with E-state index in [1.807, 2.05) is 6.92 Å². The van der Waals surface area contributed by atoms with Crippen LogP contribution >= 0.6 is 0 Å². The van der Waals surface area contributed by atoms with Gasteiger partial charge in [-0.2, -0.15) is 0 Å². The predicted octanol–water partition coefficient (Wildman–Crippen LogP) is 3.20. The first kappa shape index (κ1) is 14.3. The van der Waals surface area contributed by atoms with E-state index in [1.54, 1.807) is 25.4 Å². The highest BCUT2D eigenvalue weighted by atomic mass is 19.1. The van der Waals surface area contributed by atoms with Crippen LogP contribution in [0, 0.1) is 0 Å². The van der Waals surface area contributed by atoms with Crippen molar-refractivity contribution < 1.29 is 9.13 Å². The van der Waals surface area contributed by atoms with Gasteiger partial charge in [-0.15, -0.1) is 0 Å². The number of halogens is 1. The summed E-state index contributed by atoms with van der Waals surface area (Å²) < 4.78 is 20.3. The first-order valence-corrected chi connectivity index (χ1v) is 7.12. The molecule has 0 aromatic carbocycles. The van der Waals surface area contributed by atoms with Crippen molar-refractivity contribution in [1.29, 1.82) is 0 Å². The van der Waals surface area contributed by atoms with Crippen LogP contribution < -0.4 is 10.1 Å². The molecule has 1 saturated heterocycles. The van der Waals surface area contributed by atoms with Crippen LogP contribution in [0.3, 0.4) is 0 Å². The Morgan fingerprint density at radius 1 is 1.47 bits per heavy atom. The van der Waals surface area contributed by atoms with E-state index in [9.17, 15) is 4.39 Å². The topological polar surface area (TPSA) is 34.1 Å². The zero-order chi connectivity index (χ0) is 13.7. The quantitative estimate of drug-likeness (QED) is 0.888. The summed E-state index contributed by atoms with van der Waals surface area (Å²) >= 11 is 0. The van der Waals surface area contributed by atoms with Crippen LogP contribution in [0.1, 0.15) is 45.1 Å². The second kappa shape index (κ2) is 6.33. The highest BCUT2D eigenvalue weighted by Crippen LogP contribution is 2.33. The number of nitrogens with one attached hydrogen (secondary N) is 1. The van der Waals surface area contributed by atoms with Crippen molar-refractivity contribution in [3.05, 3.63) is 24.0 Å². The van der Waals surface area contributed by atoms with Crippen LogP contribution in [-0.2, 0) is 5.67 Å². The Bertz CT molecular complexity index is 403. The zero-order valence-corrected chi connectivity index (χ0v) is 11.8. The lowest BCUT2D eigenvalue weighted by Crippen LogP contribution is -2.38. The summed E-state index contributed by atoms with van der Waals surface area (Å²) in [6, 6.07) is 2.03. The van der Waals surface area contributed by atoms with Gasteiger partial charge in [-0.1, -0.05) is 6.42 Å². The minimum Gasteiger partial charge on any atom is -0.492 e. The van der Waals surface area contributed by atoms with E-state index in [4.69, 9.17) is 4.74 Å². The van der Waals surface area contributed by atoms with Crippen molar-refractivity contribution >= 4 is 0 Å². The van der Waals surface area contributed by atoms with Gasteiger partial charge >= 0.3 is 0 Å². The number of ether oxygens (including phenoxy) is 1. The van der Waals surface area contributed by atoms with Gasteiger partial charge < -0.3 is 10.1 Å². The maximum atomic E-state index is 14.9. The summed E-state index contributed by atoms with van der Waals surface area (Å²) in [5.41, 5.74) is -0.763. The molecule has 2 unspecified atom stereocenters. The number of piperidine rings is 1. The van der Waals surface area contributed by atoms with E-state index in [0.29, 0.717) is 24.3 Å². The van der Waals surface area contributed by atoms with Crippen molar-refractivity contribution in [3.8, 4) is 5.75 Å². The van der Waals surface area contributed by atoms with Gasteiger partial charge in [0.05, 0.1) is 12.8 Å². The van der Waals surface area contributed by atoms with Gasteiger partial charge in [0, 0.05) is 24.2 Å². The molecule has 3 nitrogen and oxygen atoms in total. The first-order chi connectivity index (χ1) is 9.12. The number of rotatable bonds is 5. The predicted molar refractivity (Wildman–Crippen MR) is 74.1 cm³/mol. The summed E-state index contributed by atoms with van der Waals surface area (Å²) in [5, 5.41) is 3.39. The highest BCUT2D eigenvalue weighted by Gasteiger charge is 2.31. The third kappa shape index (κ3) is 3.90. The molecule has 0 aliphatic carbocycles. The van der Waals surface area contributed by atoms with Gasteiger partial charge in [0.2, 0.25) is 0 Å². The molecule has 0 bridgehead atoms. The lowest BCUT2D eigenvalue weighted by atomic mass is 9.88. The highest BCUT2D eigenvalue weighted by molar-refractivity contribution is 5.28. The molecular weight excluding hydrogens is 243 g/mol. The smallest absolute Gasteiger partial charge is 0.137 e. The summed E-state index contributed by atoms with van der Waals surface area (Å²) in [5.74, 6) is 0.639. The molecule has 0 amide bonds. The number of hydrogen-bond acceptors (Lipinski definition) is 3. The standard InChI is InChI=1S/C15H23FN2O/c1-3-19-14-8-12(10-17-11-14)15(2,16)9-13-6-4-5-7-18-13/h8,10-11,13,18H,3-7,9H2,1-2H3. The minimum atomic E-state index is -1.37. The van der Waals surface area contributed by atoms with Gasteiger partial charge in [-0.05, 0) is 39.3 Å². The number of alkyl halides is 1. The minimum absolute atomic E-state index is 0.263. The van der Waals surface area contributed by atoms with Crippen molar-refractivity contribution in [2.24, 2.45) is 0 Å². The fourth-order valence-corrected chi connectivity index (χ4v) is 2.63. The Labute approximate surface area is 114 Å². The summed E-state index contributed by atoms with van der Waals surface area (Å²) in [4.78, 5) is 4.08. The summed E-state index contributed by atoms with van der Waals surface area (Å²) in [7, 11) is 0. The number of aromatic nitrogens is 1. The zero-order valence-electron chi connectivity index (χ0n) is 11.8. The molecule has 2 rings (SSSR count). The van der Waals surface area contributed by atoms with Crippen LogP contribution in [0.5, 0.6) is 5.75 Å². The van der Waals surface area contributed by atoms with Gasteiger partial charge in [0.1, 0.15) is 11.4 Å². The molecular formula is C15H23FN2O. The largest absolute Gasteiger partial charge is 0.492 e. The summed E-state index contributed by atoms with van der Waals surface area (Å²) in [6.07, 6.45) is 7.15. The summed E-state index contributed by atoms with van der Waals surface area (Å²) in [6.45, 7) is 5.11. The lowest BCUT2D eigenvalue weighted by Gasteiger charge is -2.30. The second-order valence-corrected chi connectivity index (χ2v) is 5.39. The molecule has 4 heteroatoms. The number of pyridine rings is 1. The maximum Gasteiger partial charge on any atom is 0.137 e. The monoisotopic (exact) mass is 266 g/mol. The molecule has 1 aliphatic rings. The fraction of sp³-hybridized carbons (Fsp3) is 0.667. The molecule has 106 valence electrons. The first-order valence-electron chi connectivity index (χ1n) is 7.12. The third-order valence-electron chi connectivity index (χ3n) is 3.67. The van der Waals surface area contributed by atoms with Crippen molar-refractivity contribution in [2.45, 2.75) is 51.2 Å². The van der Waals surface area contributed by atoms with Crippen molar-refractivity contribution in [2.75, 3.05) is 13.2 Å². The fourth-order valence-electron chi connectivity index (χ4n) is 2.63. The Morgan fingerprint density at radius 3 is 3.00 bits per heavy atom. The average molecular weight is 266 g/mol. The molecule has 1 fully saturated rings. The maximum absolute atomic E-state index is 14.9. The Hall–Kier alpha value is -1.16. The Morgan fingerprint density at radius 2 is 2.32 bits per heavy atom. The molecule has 2 atom stereocenters. The molecule has 2 heterocycles. The lowest BCUT2D eigenvalue weighted by molar-refractivity contribution is 0.145. The van der Waals surface area contributed by atoms with E-state index in [-0.39, 0.29) is 6.04 Å². The third-order valence-corrected chi connectivity index (χ3v) is 3.67. The van der Waals surface area contributed by atoms with Crippen LogP contribution in [0.4, 0.5) is 4.39 Å². The SMILES string of the molecule is CCOc1cncc(C(C)(F)CC2CCCCN2)c1. The van der Waals surface area contributed by atoms with Crippen LogP contribution in [0.15, 0.2) is 18.5 Å². The van der Waals surface area contributed by atoms with Crippen molar-refractivity contribution in [3.63, 3.8) is 0 Å². The molecule has 1 aliphatic heterocycles. The van der Waals surface area contributed by atoms with Crippen LogP contribution in [0.2, 0.25) is 0 Å². The van der Waals surface area contributed by atoms with Crippen LogP contribution in [0.25, 0.3) is 0 Å². The Balaban J connectivity index is 2.06. The van der Waals surface area contributed by atoms with Gasteiger partial charge in [-0.25, -0.2) is 4.39 Å². The molecule has 1 aromatic heterocycles. The molecule has 19 heavy (non-hydrogen) atoms. The van der Waals surface area contributed by atoms with E-state index >= 15 is 0 Å². The average Bonchev–Trinajstić information content (AvgIpc) is 2.40.